The van der Waals surface area contributed by atoms with Gasteiger partial charge in [-0.05, 0) is 12.5 Å². The van der Waals surface area contributed by atoms with Crippen LogP contribution in [0.2, 0.25) is 0 Å². The van der Waals surface area contributed by atoms with Crippen molar-refractivity contribution >= 4 is 17.2 Å². The van der Waals surface area contributed by atoms with Gasteiger partial charge in [-0.3, -0.25) is 4.79 Å². The van der Waals surface area contributed by atoms with Crippen molar-refractivity contribution in [3.63, 3.8) is 0 Å². The molecule has 1 N–H and O–H groups in total. The van der Waals surface area contributed by atoms with Gasteiger partial charge in [0.15, 0.2) is 6.10 Å². The summed E-state index contributed by atoms with van der Waals surface area (Å²) in [5.41, 5.74) is 1.55. The molecule has 0 spiro atoms. The summed E-state index contributed by atoms with van der Waals surface area (Å²) in [6.45, 7) is 2.34. The third kappa shape index (κ3) is 3.39. The lowest BCUT2D eigenvalue weighted by molar-refractivity contribution is -0.139. The van der Waals surface area contributed by atoms with Gasteiger partial charge in [-0.15, -0.1) is 11.3 Å². The molecule has 1 unspecified atom stereocenters. The lowest BCUT2D eigenvalue weighted by Crippen LogP contribution is -2.31. The molecule has 100 valence electrons. The van der Waals surface area contributed by atoms with Crippen molar-refractivity contribution in [3.8, 4) is 0 Å². The third-order valence-corrected chi connectivity index (χ3v) is 3.72. The molecule has 1 heterocycles. The Hall–Kier alpha value is -1.72. The quantitative estimate of drug-likeness (QED) is 0.931. The molecule has 0 aliphatic heterocycles. The summed E-state index contributed by atoms with van der Waals surface area (Å²) in [4.78, 5) is 17.9. The summed E-state index contributed by atoms with van der Waals surface area (Å²) in [7, 11) is 1.67. The van der Waals surface area contributed by atoms with Gasteiger partial charge >= 0.3 is 0 Å². The average Bonchev–Trinajstić information content (AvgIpc) is 2.83. The molecule has 0 saturated carbocycles. The number of thiazole rings is 1. The van der Waals surface area contributed by atoms with Crippen LogP contribution in [0.15, 0.2) is 35.7 Å². The molecule has 19 heavy (non-hydrogen) atoms. The van der Waals surface area contributed by atoms with E-state index in [1.54, 1.807) is 31.3 Å². The standard InChI is InChI=1S/C14H16N2O2S/c1-10-9-19-12(15-10)8-16(2)14(18)13(17)11-6-4-3-5-7-11/h3-7,9,13,17H,8H2,1-2H3. The van der Waals surface area contributed by atoms with Crippen molar-refractivity contribution in [1.82, 2.24) is 9.88 Å². The molecule has 4 nitrogen and oxygen atoms in total. The first kappa shape index (κ1) is 13.7. The molecular formula is C14H16N2O2S. The number of amides is 1. The Morgan fingerprint density at radius 2 is 2.11 bits per heavy atom. The van der Waals surface area contributed by atoms with Gasteiger partial charge in [0.25, 0.3) is 5.91 Å². The summed E-state index contributed by atoms with van der Waals surface area (Å²) < 4.78 is 0. The molecular weight excluding hydrogens is 260 g/mol. The van der Waals surface area contributed by atoms with Gasteiger partial charge in [0.2, 0.25) is 0 Å². The third-order valence-electron chi connectivity index (χ3n) is 2.76. The van der Waals surface area contributed by atoms with E-state index >= 15 is 0 Å². The second-order valence-corrected chi connectivity index (χ2v) is 5.33. The van der Waals surface area contributed by atoms with Crippen LogP contribution < -0.4 is 0 Å². The van der Waals surface area contributed by atoms with Crippen LogP contribution in [0, 0.1) is 6.92 Å². The predicted octanol–water partition coefficient (Wildman–Crippen LogP) is 2.14. The zero-order chi connectivity index (χ0) is 13.8. The summed E-state index contributed by atoms with van der Waals surface area (Å²) in [6, 6.07) is 8.93. The number of likely N-dealkylation sites (N-methyl/N-ethyl adjacent to an activating group) is 1. The summed E-state index contributed by atoms with van der Waals surface area (Å²) in [6.07, 6.45) is -1.12. The summed E-state index contributed by atoms with van der Waals surface area (Å²) >= 11 is 1.52. The predicted molar refractivity (Wildman–Crippen MR) is 74.7 cm³/mol. The maximum atomic E-state index is 12.1. The zero-order valence-corrected chi connectivity index (χ0v) is 11.7. The molecule has 2 rings (SSSR count). The molecule has 1 aromatic heterocycles. The number of aliphatic hydroxyl groups excluding tert-OH is 1. The van der Waals surface area contributed by atoms with E-state index in [1.165, 1.54) is 16.2 Å². The molecule has 1 aromatic carbocycles. The molecule has 0 aliphatic carbocycles. The van der Waals surface area contributed by atoms with Gasteiger partial charge in [0, 0.05) is 18.1 Å². The fraction of sp³-hybridized carbons (Fsp3) is 0.286. The van der Waals surface area contributed by atoms with Crippen LogP contribution in [-0.4, -0.2) is 27.9 Å². The molecule has 0 saturated heterocycles. The fourth-order valence-corrected chi connectivity index (χ4v) is 2.57. The molecule has 0 bridgehead atoms. The number of rotatable bonds is 4. The molecule has 0 aliphatic rings. The van der Waals surface area contributed by atoms with Gasteiger partial charge in [-0.25, -0.2) is 4.98 Å². The molecule has 1 atom stereocenters. The number of hydrogen-bond donors (Lipinski definition) is 1. The van der Waals surface area contributed by atoms with E-state index < -0.39 is 6.10 Å². The Kier molecular flexibility index (Phi) is 4.29. The maximum Gasteiger partial charge on any atom is 0.256 e. The zero-order valence-electron chi connectivity index (χ0n) is 10.9. The van der Waals surface area contributed by atoms with Crippen LogP contribution >= 0.6 is 11.3 Å². The van der Waals surface area contributed by atoms with Crippen molar-refractivity contribution in [3.05, 3.63) is 52.0 Å². The van der Waals surface area contributed by atoms with Crippen molar-refractivity contribution in [2.45, 2.75) is 19.6 Å². The van der Waals surface area contributed by atoms with E-state index in [4.69, 9.17) is 0 Å². The maximum absolute atomic E-state index is 12.1. The normalized spacial score (nSPS) is 12.2. The monoisotopic (exact) mass is 276 g/mol. The molecule has 1 amide bonds. The van der Waals surface area contributed by atoms with E-state index in [1.807, 2.05) is 18.4 Å². The number of nitrogens with zero attached hydrogens (tertiary/aromatic N) is 2. The van der Waals surface area contributed by atoms with Crippen molar-refractivity contribution < 1.29 is 9.90 Å². The molecule has 0 fully saturated rings. The first-order valence-electron chi connectivity index (χ1n) is 5.97. The van der Waals surface area contributed by atoms with E-state index in [9.17, 15) is 9.90 Å². The Morgan fingerprint density at radius 3 is 2.68 bits per heavy atom. The Morgan fingerprint density at radius 1 is 1.42 bits per heavy atom. The first-order valence-corrected chi connectivity index (χ1v) is 6.85. The fourth-order valence-electron chi connectivity index (χ4n) is 1.74. The summed E-state index contributed by atoms with van der Waals surface area (Å²) in [5, 5.41) is 12.8. The minimum Gasteiger partial charge on any atom is -0.378 e. The van der Waals surface area contributed by atoms with Crippen molar-refractivity contribution in [2.24, 2.45) is 0 Å². The second kappa shape index (κ2) is 5.95. The second-order valence-electron chi connectivity index (χ2n) is 4.39. The highest BCUT2D eigenvalue weighted by atomic mass is 32.1. The Bertz CT molecular complexity index is 554. The highest BCUT2D eigenvalue weighted by Gasteiger charge is 2.21. The number of aryl methyl sites for hydroxylation is 1. The van der Waals surface area contributed by atoms with E-state index in [0.717, 1.165) is 10.7 Å². The molecule has 0 radical (unpaired) electrons. The van der Waals surface area contributed by atoms with Crippen LogP contribution in [0.25, 0.3) is 0 Å². The van der Waals surface area contributed by atoms with Crippen LogP contribution in [0.1, 0.15) is 22.4 Å². The lowest BCUT2D eigenvalue weighted by Gasteiger charge is -2.19. The van der Waals surface area contributed by atoms with Gasteiger partial charge < -0.3 is 10.0 Å². The summed E-state index contributed by atoms with van der Waals surface area (Å²) in [5.74, 6) is -0.320. The topological polar surface area (TPSA) is 53.4 Å². The number of carbonyl (C=O) groups is 1. The number of hydrogen-bond acceptors (Lipinski definition) is 4. The number of aromatic nitrogens is 1. The number of carbonyl (C=O) groups excluding carboxylic acids is 1. The van der Waals surface area contributed by atoms with E-state index in [0.29, 0.717) is 12.1 Å². The Balaban J connectivity index is 2.03. The minimum atomic E-state index is -1.12. The smallest absolute Gasteiger partial charge is 0.256 e. The SMILES string of the molecule is Cc1csc(CN(C)C(=O)C(O)c2ccccc2)n1. The molecule has 5 heteroatoms. The number of benzene rings is 1. The highest BCUT2D eigenvalue weighted by molar-refractivity contribution is 7.09. The van der Waals surface area contributed by atoms with Gasteiger partial charge in [-0.2, -0.15) is 0 Å². The lowest BCUT2D eigenvalue weighted by atomic mass is 10.1. The first-order chi connectivity index (χ1) is 9.08. The van der Waals surface area contributed by atoms with Crippen molar-refractivity contribution in [2.75, 3.05) is 7.05 Å². The van der Waals surface area contributed by atoms with Gasteiger partial charge in [0.05, 0.1) is 6.54 Å². The van der Waals surface area contributed by atoms with Crippen LogP contribution in [0.3, 0.4) is 0 Å². The van der Waals surface area contributed by atoms with Gasteiger partial charge in [-0.1, -0.05) is 30.3 Å². The Labute approximate surface area is 116 Å². The van der Waals surface area contributed by atoms with Crippen LogP contribution in [0.5, 0.6) is 0 Å². The highest BCUT2D eigenvalue weighted by Crippen LogP contribution is 2.17. The van der Waals surface area contributed by atoms with Gasteiger partial charge in [0.1, 0.15) is 5.01 Å². The minimum absolute atomic E-state index is 0.320. The van der Waals surface area contributed by atoms with Crippen molar-refractivity contribution in [1.29, 1.82) is 0 Å². The van der Waals surface area contributed by atoms with Crippen LogP contribution in [0.4, 0.5) is 0 Å². The number of aliphatic hydroxyl groups is 1. The van der Waals surface area contributed by atoms with E-state index in [-0.39, 0.29) is 5.91 Å². The average molecular weight is 276 g/mol. The van der Waals surface area contributed by atoms with Crippen LogP contribution in [-0.2, 0) is 11.3 Å². The largest absolute Gasteiger partial charge is 0.378 e. The molecule has 2 aromatic rings. The van der Waals surface area contributed by atoms with E-state index in [2.05, 4.69) is 4.98 Å².